The molecule has 1 aliphatic carbocycles. The maximum Gasteiger partial charge on any atom is 0.0274 e. The van der Waals surface area contributed by atoms with Gasteiger partial charge in [0.2, 0.25) is 0 Å². The smallest absolute Gasteiger partial charge is 0.0274 e. The Balaban J connectivity index is 2.75. The van der Waals surface area contributed by atoms with Crippen molar-refractivity contribution in [2.75, 3.05) is 0 Å². The van der Waals surface area contributed by atoms with Crippen LogP contribution in [0, 0.1) is 22.7 Å². The van der Waals surface area contributed by atoms with E-state index in [0.29, 0.717) is 16.4 Å². The van der Waals surface area contributed by atoms with E-state index in [1.54, 1.807) is 0 Å². The van der Waals surface area contributed by atoms with Crippen LogP contribution in [0.1, 0.15) is 54.4 Å². The van der Waals surface area contributed by atoms with E-state index in [4.69, 9.17) is 0 Å². The van der Waals surface area contributed by atoms with Gasteiger partial charge < -0.3 is 0 Å². The van der Waals surface area contributed by atoms with E-state index in [1.165, 1.54) is 12.8 Å². The predicted molar refractivity (Wildman–Crippen MR) is 64.6 cm³/mol. The Kier molecular flexibility index (Phi) is 3.21. The maximum absolute atomic E-state index is 4.00. The van der Waals surface area contributed by atoms with Gasteiger partial charge in [-0.05, 0) is 41.0 Å². The fourth-order valence-corrected chi connectivity index (χ4v) is 4.28. The maximum atomic E-state index is 4.00. The zero-order valence-corrected chi connectivity index (χ0v) is 11.6. The third kappa shape index (κ3) is 2.42. The first-order valence-electron chi connectivity index (χ1n) is 5.85. The van der Waals surface area contributed by atoms with Crippen molar-refractivity contribution in [3.8, 4) is 0 Å². The summed E-state index contributed by atoms with van der Waals surface area (Å²) in [6.45, 7) is 14.2. The number of hydrogen-bond donors (Lipinski definition) is 0. The second-order valence-electron chi connectivity index (χ2n) is 7.05. The molecule has 0 aromatic rings. The van der Waals surface area contributed by atoms with Gasteiger partial charge in [-0.15, -0.1) is 0 Å². The van der Waals surface area contributed by atoms with Crippen LogP contribution in [-0.2, 0) is 0 Å². The van der Waals surface area contributed by atoms with Gasteiger partial charge in [-0.3, -0.25) is 0 Å². The molecular formula is C13H25Si. The highest BCUT2D eigenvalue weighted by atomic mass is 28.1. The Morgan fingerprint density at radius 3 is 1.21 bits per heavy atom. The van der Waals surface area contributed by atoms with E-state index >= 15 is 0 Å². The Bertz CT molecular complexity index is 172. The molecule has 0 heterocycles. The predicted octanol–water partition coefficient (Wildman–Crippen LogP) is 4.06. The molecule has 0 aromatic carbocycles. The standard InChI is InChI=1S/C13H25Si/c1-12(2,3)9-7-8-10(11(9)14)13(4,5)6/h9-11H,7-8H2,1-6H3. The fraction of sp³-hybridized carbons (Fsp3) is 1.00. The Labute approximate surface area is 93.3 Å². The zero-order chi connectivity index (χ0) is 11.1. The van der Waals surface area contributed by atoms with Gasteiger partial charge in [-0.25, -0.2) is 0 Å². The fourth-order valence-electron chi connectivity index (χ4n) is 2.94. The summed E-state index contributed by atoms with van der Waals surface area (Å²) in [6, 6.07) is 0. The van der Waals surface area contributed by atoms with E-state index in [0.717, 1.165) is 11.8 Å². The first-order valence-corrected chi connectivity index (χ1v) is 6.43. The molecule has 0 spiro atoms. The Morgan fingerprint density at radius 2 is 1.07 bits per heavy atom. The molecule has 3 radical (unpaired) electrons. The highest BCUT2D eigenvalue weighted by molar-refractivity contribution is 6.12. The lowest BCUT2D eigenvalue weighted by atomic mass is 9.74. The molecular weight excluding hydrogens is 184 g/mol. The van der Waals surface area contributed by atoms with Gasteiger partial charge in [-0.1, -0.05) is 41.5 Å². The second kappa shape index (κ2) is 3.66. The van der Waals surface area contributed by atoms with Crippen molar-refractivity contribution in [3.05, 3.63) is 0 Å². The topological polar surface area (TPSA) is 0 Å². The molecule has 0 aliphatic heterocycles. The number of rotatable bonds is 0. The summed E-state index contributed by atoms with van der Waals surface area (Å²) in [5, 5.41) is 0. The van der Waals surface area contributed by atoms with Gasteiger partial charge in [0, 0.05) is 10.2 Å². The summed E-state index contributed by atoms with van der Waals surface area (Å²) >= 11 is 0. The summed E-state index contributed by atoms with van der Waals surface area (Å²) < 4.78 is 0. The van der Waals surface area contributed by atoms with Crippen molar-refractivity contribution >= 4 is 10.2 Å². The Morgan fingerprint density at radius 1 is 0.786 bits per heavy atom. The van der Waals surface area contributed by atoms with Crippen LogP contribution >= 0.6 is 0 Å². The molecule has 2 atom stereocenters. The van der Waals surface area contributed by atoms with Crippen LogP contribution in [0.4, 0.5) is 0 Å². The second-order valence-corrected chi connectivity index (χ2v) is 7.71. The lowest BCUT2D eigenvalue weighted by molar-refractivity contribution is 0.199. The highest BCUT2D eigenvalue weighted by Gasteiger charge is 2.43. The van der Waals surface area contributed by atoms with Crippen molar-refractivity contribution in [2.45, 2.75) is 59.9 Å². The molecule has 1 rings (SSSR count). The van der Waals surface area contributed by atoms with Gasteiger partial charge in [0.25, 0.3) is 0 Å². The molecule has 0 amide bonds. The summed E-state index contributed by atoms with van der Waals surface area (Å²) in [5.74, 6) is 1.67. The molecule has 2 unspecified atom stereocenters. The van der Waals surface area contributed by atoms with E-state index in [-0.39, 0.29) is 0 Å². The minimum absolute atomic E-state index is 0.451. The van der Waals surface area contributed by atoms with Crippen LogP contribution in [0.15, 0.2) is 0 Å². The first-order chi connectivity index (χ1) is 6.14. The van der Waals surface area contributed by atoms with Crippen LogP contribution in [0.25, 0.3) is 0 Å². The van der Waals surface area contributed by atoms with E-state index in [9.17, 15) is 0 Å². The van der Waals surface area contributed by atoms with Gasteiger partial charge >= 0.3 is 0 Å². The molecule has 1 saturated carbocycles. The van der Waals surface area contributed by atoms with Crippen LogP contribution in [0.3, 0.4) is 0 Å². The van der Waals surface area contributed by atoms with Crippen LogP contribution in [-0.4, -0.2) is 10.2 Å². The van der Waals surface area contributed by atoms with E-state index in [1.807, 2.05) is 0 Å². The van der Waals surface area contributed by atoms with Gasteiger partial charge in [0.05, 0.1) is 0 Å². The van der Waals surface area contributed by atoms with Gasteiger partial charge in [-0.2, -0.15) is 0 Å². The molecule has 0 saturated heterocycles. The summed E-state index contributed by atoms with van der Waals surface area (Å²) in [5.41, 5.74) is 1.61. The Hall–Kier alpha value is 0.217. The molecule has 1 heteroatoms. The van der Waals surface area contributed by atoms with Crippen LogP contribution in [0.2, 0.25) is 5.54 Å². The van der Waals surface area contributed by atoms with Crippen molar-refractivity contribution < 1.29 is 0 Å². The van der Waals surface area contributed by atoms with E-state index < -0.39 is 0 Å². The zero-order valence-electron chi connectivity index (χ0n) is 10.6. The molecule has 1 fully saturated rings. The van der Waals surface area contributed by atoms with Crippen molar-refractivity contribution in [3.63, 3.8) is 0 Å². The summed E-state index contributed by atoms with van der Waals surface area (Å²) in [4.78, 5) is 0. The summed E-state index contributed by atoms with van der Waals surface area (Å²) in [6.07, 6.45) is 2.78. The lowest BCUT2D eigenvalue weighted by Crippen LogP contribution is -2.27. The van der Waals surface area contributed by atoms with Crippen LogP contribution in [0.5, 0.6) is 0 Å². The minimum Gasteiger partial charge on any atom is -0.0599 e. The van der Waals surface area contributed by atoms with Crippen molar-refractivity contribution in [1.82, 2.24) is 0 Å². The summed E-state index contributed by atoms with van der Waals surface area (Å²) in [7, 11) is 4.00. The lowest BCUT2D eigenvalue weighted by Gasteiger charge is -2.36. The minimum atomic E-state index is 0.451. The van der Waals surface area contributed by atoms with E-state index in [2.05, 4.69) is 51.8 Å². The quantitative estimate of drug-likeness (QED) is 0.528. The highest BCUT2D eigenvalue weighted by Crippen LogP contribution is 2.54. The normalized spacial score (nSPS) is 34.9. The number of hydrogen-bond acceptors (Lipinski definition) is 0. The molecule has 0 aromatic heterocycles. The monoisotopic (exact) mass is 209 g/mol. The third-order valence-electron chi connectivity index (χ3n) is 3.88. The van der Waals surface area contributed by atoms with Gasteiger partial charge in [0.15, 0.2) is 0 Å². The molecule has 0 N–H and O–H groups in total. The van der Waals surface area contributed by atoms with Crippen LogP contribution < -0.4 is 0 Å². The molecule has 81 valence electrons. The molecule has 14 heavy (non-hydrogen) atoms. The SMILES string of the molecule is CC(C)(C)C1CCC(C(C)(C)C)C1[Si]. The third-order valence-corrected chi connectivity index (χ3v) is 4.69. The average Bonchev–Trinajstić information content (AvgIpc) is 2.26. The average molecular weight is 209 g/mol. The molecule has 0 nitrogen and oxygen atoms in total. The molecule has 0 bridgehead atoms. The van der Waals surface area contributed by atoms with Crippen molar-refractivity contribution in [1.29, 1.82) is 0 Å². The molecule has 1 aliphatic rings. The van der Waals surface area contributed by atoms with Gasteiger partial charge in [0.1, 0.15) is 0 Å². The largest absolute Gasteiger partial charge is 0.0599 e. The first kappa shape index (κ1) is 12.3. The van der Waals surface area contributed by atoms with Crippen molar-refractivity contribution in [2.24, 2.45) is 22.7 Å².